The van der Waals surface area contributed by atoms with Gasteiger partial charge in [-0.15, -0.1) is 16.4 Å². The van der Waals surface area contributed by atoms with Gasteiger partial charge in [0.25, 0.3) is 11.6 Å². The molecule has 2 heterocycles. The molecule has 0 bridgehead atoms. The minimum atomic E-state index is -0.474. The highest BCUT2D eigenvalue weighted by Gasteiger charge is 2.21. The molecule has 2 aromatic heterocycles. The van der Waals surface area contributed by atoms with E-state index < -0.39 is 4.92 Å². The number of carbonyl (C=O) groups excluding carboxylic acids is 1. The Kier molecular flexibility index (Phi) is 5.34. The van der Waals surface area contributed by atoms with Crippen molar-refractivity contribution in [3.05, 3.63) is 56.3 Å². The fraction of sp³-hybridized carbons (Fsp3) is 0.368. The molecule has 4 rings (SSSR count). The summed E-state index contributed by atoms with van der Waals surface area (Å²) in [5.41, 5.74) is 2.17. The topological polar surface area (TPSA) is 116 Å². The van der Waals surface area contributed by atoms with Crippen molar-refractivity contribution < 1.29 is 9.72 Å². The van der Waals surface area contributed by atoms with Gasteiger partial charge in [-0.1, -0.05) is 24.1 Å². The Morgan fingerprint density at radius 3 is 2.83 bits per heavy atom. The molecule has 9 nitrogen and oxygen atoms in total. The summed E-state index contributed by atoms with van der Waals surface area (Å²) >= 11 is 1.52. The van der Waals surface area contributed by atoms with E-state index in [1.807, 2.05) is 0 Å². The summed E-state index contributed by atoms with van der Waals surface area (Å²) in [5, 5.41) is 22.4. The summed E-state index contributed by atoms with van der Waals surface area (Å²) in [6, 6.07) is 6.04. The third-order valence-electron chi connectivity index (χ3n) is 4.96. The number of benzene rings is 1. The number of anilines is 1. The van der Waals surface area contributed by atoms with Crippen molar-refractivity contribution in [2.24, 2.45) is 0 Å². The maximum Gasteiger partial charge on any atom is 0.279 e. The van der Waals surface area contributed by atoms with E-state index in [0.717, 1.165) is 31.4 Å². The van der Waals surface area contributed by atoms with E-state index in [9.17, 15) is 14.9 Å². The van der Waals surface area contributed by atoms with Crippen molar-refractivity contribution in [2.75, 3.05) is 5.32 Å². The minimum Gasteiger partial charge on any atom is -0.296 e. The second-order valence-corrected chi connectivity index (χ2v) is 8.05. The lowest BCUT2D eigenvalue weighted by molar-refractivity contribution is -0.384. The van der Waals surface area contributed by atoms with Crippen LogP contribution in [0.25, 0.3) is 5.69 Å². The van der Waals surface area contributed by atoms with E-state index in [-0.39, 0.29) is 17.3 Å². The van der Waals surface area contributed by atoms with Gasteiger partial charge in [0.2, 0.25) is 0 Å². The predicted molar refractivity (Wildman–Crippen MR) is 109 cm³/mol. The summed E-state index contributed by atoms with van der Waals surface area (Å²) in [4.78, 5) is 29.1. The molecule has 3 aromatic rings. The number of thiazole rings is 1. The Morgan fingerprint density at radius 2 is 2.03 bits per heavy atom. The van der Waals surface area contributed by atoms with Crippen LogP contribution in [-0.2, 0) is 12.8 Å². The fourth-order valence-electron chi connectivity index (χ4n) is 3.44. The number of nitro benzene ring substituents is 1. The number of hydrogen-bond donors (Lipinski definition) is 1. The van der Waals surface area contributed by atoms with Crippen molar-refractivity contribution in [2.45, 2.75) is 45.4 Å². The highest BCUT2D eigenvalue weighted by molar-refractivity contribution is 7.15. The first kappa shape index (κ1) is 19.2. The molecule has 0 spiro atoms. The molecule has 0 atom stereocenters. The van der Waals surface area contributed by atoms with Crippen LogP contribution in [0.1, 0.15) is 52.4 Å². The van der Waals surface area contributed by atoms with E-state index in [2.05, 4.69) is 20.6 Å². The van der Waals surface area contributed by atoms with Crippen LogP contribution in [0.2, 0.25) is 0 Å². The zero-order valence-electron chi connectivity index (χ0n) is 15.9. The maximum atomic E-state index is 12.7. The largest absolute Gasteiger partial charge is 0.296 e. The van der Waals surface area contributed by atoms with Gasteiger partial charge in [0, 0.05) is 17.0 Å². The molecule has 1 aromatic carbocycles. The predicted octanol–water partition coefficient (Wildman–Crippen LogP) is 3.85. The van der Waals surface area contributed by atoms with Crippen molar-refractivity contribution in [1.82, 2.24) is 20.0 Å². The fourth-order valence-corrected chi connectivity index (χ4v) is 4.48. The maximum absolute atomic E-state index is 12.7. The normalized spacial score (nSPS) is 14.0. The second kappa shape index (κ2) is 8.08. The Morgan fingerprint density at radius 1 is 1.24 bits per heavy atom. The van der Waals surface area contributed by atoms with E-state index in [1.165, 1.54) is 45.9 Å². The number of aryl methyl sites for hydroxylation is 2. The third kappa shape index (κ3) is 4.02. The summed E-state index contributed by atoms with van der Waals surface area (Å²) < 4.78 is 1.42. The van der Waals surface area contributed by atoms with Crippen molar-refractivity contribution in [1.29, 1.82) is 0 Å². The Labute approximate surface area is 170 Å². The van der Waals surface area contributed by atoms with Gasteiger partial charge in [-0.2, -0.15) is 0 Å². The number of nitrogens with zero attached hydrogens (tertiary/aromatic N) is 5. The Hall–Kier alpha value is -3.14. The van der Waals surface area contributed by atoms with Crippen LogP contribution in [0.5, 0.6) is 0 Å². The standard InChI is InChI=1S/C19H20N6O3S/c1-12-17(22-23-24(12)13-7-6-8-14(11-13)25(27)28)18(26)21-19-20-15-9-4-2-3-5-10-16(15)29-19/h6-8,11H,2-5,9-10H2,1H3,(H,20,21,26). The van der Waals surface area contributed by atoms with Crippen LogP contribution in [0.4, 0.5) is 10.8 Å². The van der Waals surface area contributed by atoms with E-state index in [4.69, 9.17) is 0 Å². The van der Waals surface area contributed by atoms with Gasteiger partial charge >= 0.3 is 0 Å². The van der Waals surface area contributed by atoms with Gasteiger partial charge < -0.3 is 0 Å². The lowest BCUT2D eigenvalue weighted by Gasteiger charge is -2.06. The molecule has 1 N–H and O–H groups in total. The lowest BCUT2D eigenvalue weighted by atomic mass is 10.0. The number of rotatable bonds is 4. The van der Waals surface area contributed by atoms with Crippen LogP contribution in [0.3, 0.4) is 0 Å². The quantitative estimate of drug-likeness (QED) is 0.514. The minimum absolute atomic E-state index is 0.0522. The number of carbonyl (C=O) groups is 1. The van der Waals surface area contributed by atoms with Crippen molar-refractivity contribution >= 4 is 28.1 Å². The van der Waals surface area contributed by atoms with E-state index >= 15 is 0 Å². The highest BCUT2D eigenvalue weighted by Crippen LogP contribution is 2.29. The molecular formula is C19H20N6O3S. The average molecular weight is 412 g/mol. The van der Waals surface area contributed by atoms with Gasteiger partial charge in [-0.3, -0.25) is 20.2 Å². The number of aromatic nitrogens is 4. The first-order valence-electron chi connectivity index (χ1n) is 9.50. The van der Waals surface area contributed by atoms with Gasteiger partial charge in [-0.05, 0) is 38.7 Å². The lowest BCUT2D eigenvalue weighted by Crippen LogP contribution is -2.14. The Bertz CT molecular complexity index is 1050. The van der Waals surface area contributed by atoms with Crippen LogP contribution >= 0.6 is 11.3 Å². The van der Waals surface area contributed by atoms with E-state index in [0.29, 0.717) is 16.5 Å². The average Bonchev–Trinajstić information content (AvgIpc) is 3.25. The molecule has 0 unspecified atom stereocenters. The molecular weight excluding hydrogens is 392 g/mol. The summed E-state index contributed by atoms with van der Waals surface area (Å²) in [6.45, 7) is 1.70. The van der Waals surface area contributed by atoms with Crippen molar-refractivity contribution in [3.8, 4) is 5.69 Å². The molecule has 0 radical (unpaired) electrons. The highest BCUT2D eigenvalue weighted by atomic mass is 32.1. The van der Waals surface area contributed by atoms with Gasteiger partial charge in [0.05, 0.1) is 22.0 Å². The number of fused-ring (bicyclic) bond motifs is 1. The van der Waals surface area contributed by atoms with E-state index in [1.54, 1.807) is 19.1 Å². The van der Waals surface area contributed by atoms with Gasteiger partial charge in [-0.25, -0.2) is 9.67 Å². The van der Waals surface area contributed by atoms with Crippen LogP contribution < -0.4 is 5.32 Å². The third-order valence-corrected chi connectivity index (χ3v) is 6.03. The molecule has 1 aliphatic rings. The zero-order valence-corrected chi connectivity index (χ0v) is 16.7. The van der Waals surface area contributed by atoms with Crippen LogP contribution in [-0.4, -0.2) is 30.8 Å². The number of hydrogen-bond acceptors (Lipinski definition) is 7. The number of non-ortho nitro benzene ring substituents is 1. The summed E-state index contributed by atoms with van der Waals surface area (Å²) in [7, 11) is 0. The molecule has 0 fully saturated rings. The smallest absolute Gasteiger partial charge is 0.279 e. The van der Waals surface area contributed by atoms with Crippen LogP contribution in [0, 0.1) is 17.0 Å². The Balaban J connectivity index is 1.55. The summed E-state index contributed by atoms with van der Waals surface area (Å²) in [6.07, 6.45) is 6.69. The second-order valence-electron chi connectivity index (χ2n) is 6.97. The number of amides is 1. The van der Waals surface area contributed by atoms with Crippen molar-refractivity contribution in [3.63, 3.8) is 0 Å². The number of nitro groups is 1. The molecule has 150 valence electrons. The molecule has 0 saturated carbocycles. The molecule has 1 amide bonds. The first-order chi connectivity index (χ1) is 14.0. The van der Waals surface area contributed by atoms with Gasteiger partial charge in [0.15, 0.2) is 10.8 Å². The molecule has 29 heavy (non-hydrogen) atoms. The molecule has 0 aliphatic heterocycles. The van der Waals surface area contributed by atoms with Gasteiger partial charge in [0.1, 0.15) is 0 Å². The molecule has 1 aliphatic carbocycles. The number of nitrogens with one attached hydrogen (secondary N) is 1. The zero-order chi connectivity index (χ0) is 20.4. The molecule has 0 saturated heterocycles. The van der Waals surface area contributed by atoms with Crippen LogP contribution in [0.15, 0.2) is 24.3 Å². The first-order valence-corrected chi connectivity index (χ1v) is 10.3. The summed E-state index contributed by atoms with van der Waals surface area (Å²) in [5.74, 6) is -0.388. The monoisotopic (exact) mass is 412 g/mol. The molecule has 10 heteroatoms. The SMILES string of the molecule is Cc1c(C(=O)Nc2nc3c(s2)CCCCCC3)nnn1-c1cccc([N+](=O)[O-])c1.